The first-order valence-electron chi connectivity index (χ1n) is 14.7. The number of aromatic nitrogens is 1. The predicted octanol–water partition coefficient (Wildman–Crippen LogP) is 4.83. The number of benzene rings is 1. The molecular formula is C30H36F4N4O10S. The van der Waals surface area contributed by atoms with Gasteiger partial charge in [0.1, 0.15) is 30.5 Å². The molecule has 2 aliphatic rings. The van der Waals surface area contributed by atoms with Crippen molar-refractivity contribution in [1.82, 2.24) is 9.29 Å². The predicted molar refractivity (Wildman–Crippen MR) is 163 cm³/mol. The summed E-state index contributed by atoms with van der Waals surface area (Å²) in [4.78, 5) is 44.7. The van der Waals surface area contributed by atoms with Gasteiger partial charge in [0.15, 0.2) is 22.4 Å². The summed E-state index contributed by atoms with van der Waals surface area (Å²) in [5.74, 6) is -9.19. The summed E-state index contributed by atoms with van der Waals surface area (Å²) in [7, 11) is -4.06. The van der Waals surface area contributed by atoms with Gasteiger partial charge in [-0.05, 0) is 59.7 Å². The van der Waals surface area contributed by atoms with Gasteiger partial charge in [-0.1, -0.05) is 4.31 Å². The highest BCUT2D eigenvalue weighted by Gasteiger charge is 2.55. The first kappa shape index (κ1) is 37.6. The fraction of sp³-hybridized carbons (Fsp3) is 0.533. The summed E-state index contributed by atoms with van der Waals surface area (Å²) in [5.41, 5.74) is -2.79. The van der Waals surface area contributed by atoms with Gasteiger partial charge in [-0.25, -0.2) is 27.7 Å². The highest BCUT2D eigenvalue weighted by molar-refractivity contribution is 7.90. The number of methoxy groups -OCH3 is 1. The van der Waals surface area contributed by atoms with E-state index >= 15 is 0 Å². The monoisotopic (exact) mass is 720 g/mol. The van der Waals surface area contributed by atoms with Crippen LogP contribution in [0.2, 0.25) is 0 Å². The number of ether oxygens (including phenoxy) is 5. The number of hydrogen-bond donors (Lipinski definition) is 1. The minimum atomic E-state index is -5.12. The molecule has 2 fully saturated rings. The average molecular weight is 721 g/mol. The van der Waals surface area contributed by atoms with Crippen LogP contribution in [0.15, 0.2) is 35.5 Å². The third kappa shape index (κ3) is 8.50. The topological polar surface area (TPSA) is 163 Å². The second-order valence-electron chi connectivity index (χ2n) is 13.2. The molecule has 1 atom stereocenters. The number of carbonyl (C=O) groups is 3. The molecule has 1 N–H and O–H groups in total. The van der Waals surface area contributed by atoms with Crippen LogP contribution in [0.25, 0.3) is 0 Å². The first-order chi connectivity index (χ1) is 22.5. The lowest BCUT2D eigenvalue weighted by molar-refractivity contribution is -0.319. The van der Waals surface area contributed by atoms with E-state index in [9.17, 15) is 40.4 Å². The lowest BCUT2D eigenvalue weighted by Gasteiger charge is -2.37. The minimum Gasteiger partial charge on any atom is -0.491 e. The van der Waals surface area contributed by atoms with Crippen molar-refractivity contribution in [2.45, 2.75) is 81.9 Å². The Morgan fingerprint density at radius 1 is 1.00 bits per heavy atom. The summed E-state index contributed by atoms with van der Waals surface area (Å²) >= 11 is 0. The SMILES string of the molecule is COc1c(N2CC3(CC2C(=O)Nc2ccnc(S(=O)(=O)N(C(=O)OC(C)(C)C)C(=O)OC(C)(C)C)c2)OCC(F)(F)CO3)ccc(F)c1F. The van der Waals surface area contributed by atoms with Crippen LogP contribution >= 0.6 is 0 Å². The van der Waals surface area contributed by atoms with E-state index in [0.717, 1.165) is 31.5 Å². The molecule has 1 unspecified atom stereocenters. The van der Waals surface area contributed by atoms with Crippen molar-refractivity contribution in [2.75, 3.05) is 37.1 Å². The molecule has 0 radical (unpaired) electrons. The van der Waals surface area contributed by atoms with Crippen LogP contribution in [0, 0.1) is 11.6 Å². The number of rotatable bonds is 6. The van der Waals surface area contributed by atoms with E-state index in [1.807, 2.05) is 0 Å². The Hall–Kier alpha value is -4.23. The molecule has 4 rings (SSSR count). The van der Waals surface area contributed by atoms with Crippen LogP contribution in [0.4, 0.5) is 38.5 Å². The molecule has 2 aliphatic heterocycles. The molecule has 2 aromatic rings. The summed E-state index contributed by atoms with van der Waals surface area (Å²) in [6.07, 6.45) is -2.57. The fourth-order valence-electron chi connectivity index (χ4n) is 4.86. The highest BCUT2D eigenvalue weighted by Crippen LogP contribution is 2.43. The zero-order valence-electron chi connectivity index (χ0n) is 27.6. The van der Waals surface area contributed by atoms with Crippen LogP contribution in [-0.2, 0) is 33.8 Å². The zero-order valence-corrected chi connectivity index (χ0v) is 28.5. The van der Waals surface area contributed by atoms with E-state index in [1.54, 1.807) is 0 Å². The van der Waals surface area contributed by atoms with E-state index in [-0.39, 0.29) is 28.6 Å². The summed E-state index contributed by atoms with van der Waals surface area (Å²) in [5, 5.41) is 1.60. The van der Waals surface area contributed by atoms with Gasteiger partial charge < -0.3 is 33.9 Å². The van der Waals surface area contributed by atoms with Crippen molar-refractivity contribution in [3.63, 3.8) is 0 Å². The molecule has 19 heteroatoms. The molecule has 0 bridgehead atoms. The Balaban J connectivity index is 1.69. The standard InChI is InChI=1S/C30H36F4N4O10S/c1-27(2,3)47-25(40)38(26(41)48-28(4,5)6)49(42,43)21-12-17(10-11-35-21)36-24(39)20-13-30(45-15-29(33,34)16-46-30)14-37(20)19-9-8-18(31)22(32)23(19)44-7/h8-12,20H,13-16H2,1-7H3,(H,35,36,39). The number of halogens is 4. The molecule has 1 aromatic heterocycles. The summed E-state index contributed by atoms with van der Waals surface area (Å²) in [6.45, 7) is 6.20. The number of amides is 3. The van der Waals surface area contributed by atoms with Crippen molar-refractivity contribution in [3.8, 4) is 5.75 Å². The Labute approximate surface area is 279 Å². The molecule has 49 heavy (non-hydrogen) atoms. The maximum atomic E-state index is 14.7. The summed E-state index contributed by atoms with van der Waals surface area (Å²) < 4.78 is 110. The highest BCUT2D eigenvalue weighted by atomic mass is 32.2. The first-order valence-corrected chi connectivity index (χ1v) is 16.1. The number of nitrogens with zero attached hydrogens (tertiary/aromatic N) is 3. The number of nitrogens with one attached hydrogen (secondary N) is 1. The van der Waals surface area contributed by atoms with Crippen LogP contribution < -0.4 is 15.0 Å². The molecule has 14 nitrogen and oxygen atoms in total. The van der Waals surface area contributed by atoms with Gasteiger partial charge in [-0.15, -0.1) is 0 Å². The van der Waals surface area contributed by atoms with Crippen LogP contribution in [0.5, 0.6) is 5.75 Å². The van der Waals surface area contributed by atoms with Crippen molar-refractivity contribution in [1.29, 1.82) is 0 Å². The molecule has 1 aromatic carbocycles. The maximum absolute atomic E-state index is 14.7. The van der Waals surface area contributed by atoms with Crippen molar-refractivity contribution >= 4 is 39.5 Å². The van der Waals surface area contributed by atoms with Crippen molar-refractivity contribution in [2.24, 2.45) is 0 Å². The van der Waals surface area contributed by atoms with E-state index < -0.39 is 92.7 Å². The van der Waals surface area contributed by atoms with Gasteiger partial charge >= 0.3 is 12.2 Å². The molecule has 3 amide bonds. The number of sulfonamides is 1. The Morgan fingerprint density at radius 3 is 2.10 bits per heavy atom. The van der Waals surface area contributed by atoms with Gasteiger partial charge in [0, 0.05) is 24.4 Å². The quantitative estimate of drug-likeness (QED) is 0.406. The number of alkyl halides is 2. The molecule has 3 heterocycles. The lowest BCUT2D eigenvalue weighted by atomic mass is 10.1. The van der Waals surface area contributed by atoms with Gasteiger partial charge in [-0.2, -0.15) is 12.8 Å². The Kier molecular flexibility index (Phi) is 10.2. The average Bonchev–Trinajstić information content (AvgIpc) is 3.34. The second kappa shape index (κ2) is 13.2. The Morgan fingerprint density at radius 2 is 1.57 bits per heavy atom. The number of anilines is 2. The number of hydrogen-bond acceptors (Lipinski definition) is 12. The van der Waals surface area contributed by atoms with E-state index in [0.29, 0.717) is 0 Å². The second-order valence-corrected chi connectivity index (χ2v) is 14.9. The number of imide groups is 1. The van der Waals surface area contributed by atoms with Gasteiger partial charge in [-0.3, -0.25) is 4.79 Å². The molecular weight excluding hydrogens is 684 g/mol. The summed E-state index contributed by atoms with van der Waals surface area (Å²) in [6, 6.07) is 2.57. The maximum Gasteiger partial charge on any atom is 0.434 e. The minimum absolute atomic E-state index is 0.133. The molecule has 2 saturated heterocycles. The third-order valence-electron chi connectivity index (χ3n) is 6.86. The van der Waals surface area contributed by atoms with Gasteiger partial charge in [0.05, 0.1) is 19.3 Å². The van der Waals surface area contributed by atoms with E-state index in [4.69, 9.17) is 23.7 Å². The smallest absolute Gasteiger partial charge is 0.434 e. The van der Waals surface area contributed by atoms with E-state index in [2.05, 4.69) is 10.3 Å². The zero-order chi connectivity index (χ0) is 36.7. The largest absolute Gasteiger partial charge is 0.491 e. The number of pyridine rings is 1. The van der Waals surface area contributed by atoms with Crippen LogP contribution in [0.1, 0.15) is 48.0 Å². The fourth-order valence-corrected chi connectivity index (χ4v) is 5.98. The lowest BCUT2D eigenvalue weighted by Crippen LogP contribution is -2.51. The molecule has 1 spiro atoms. The molecule has 0 saturated carbocycles. The molecule has 270 valence electrons. The Bertz CT molecular complexity index is 1690. The van der Waals surface area contributed by atoms with Crippen molar-refractivity contribution < 1.29 is 64.0 Å². The normalized spacial score (nSPS) is 18.9. The van der Waals surface area contributed by atoms with Crippen LogP contribution in [0.3, 0.4) is 0 Å². The van der Waals surface area contributed by atoms with Gasteiger partial charge in [0.25, 0.3) is 15.9 Å². The van der Waals surface area contributed by atoms with Crippen LogP contribution in [-0.4, -0.2) is 91.6 Å². The van der Waals surface area contributed by atoms with E-state index in [1.165, 1.54) is 52.5 Å². The van der Waals surface area contributed by atoms with Gasteiger partial charge in [0.2, 0.25) is 11.7 Å². The van der Waals surface area contributed by atoms with Crippen molar-refractivity contribution in [3.05, 3.63) is 42.1 Å². The molecule has 0 aliphatic carbocycles. The third-order valence-corrected chi connectivity index (χ3v) is 8.39. The number of carbonyl (C=O) groups excluding carboxylic acids is 3.